The number of carbonyl (C=O) groups excluding carboxylic acids is 1. The Morgan fingerprint density at radius 1 is 1.61 bits per heavy atom. The Balaban J connectivity index is 1.83. The first-order valence-corrected chi connectivity index (χ1v) is 7.80. The van der Waals surface area contributed by atoms with Crippen molar-refractivity contribution in [1.29, 1.82) is 0 Å². The minimum absolute atomic E-state index is 0.275. The number of aromatic nitrogens is 2. The third kappa shape index (κ3) is 3.66. The van der Waals surface area contributed by atoms with Gasteiger partial charge in [-0.15, -0.1) is 10.2 Å². The number of nitrogens with two attached hydrogens (primary N) is 1. The van der Waals surface area contributed by atoms with Crippen LogP contribution in [0.1, 0.15) is 31.2 Å². The molecule has 1 heterocycles. The van der Waals surface area contributed by atoms with E-state index in [1.165, 1.54) is 0 Å². The number of hydrogen-bond donors (Lipinski definition) is 2. The summed E-state index contributed by atoms with van der Waals surface area (Å²) < 4.78 is 0.950. The number of amides is 1. The monoisotopic (exact) mass is 286 g/mol. The molecule has 1 unspecified atom stereocenters. The maximum atomic E-state index is 11.6. The average Bonchev–Trinajstić information content (AvgIpc) is 3.00. The maximum absolute atomic E-state index is 11.6. The first-order chi connectivity index (χ1) is 8.49. The Morgan fingerprint density at radius 2 is 2.33 bits per heavy atom. The molecule has 5 nitrogen and oxygen atoms in total. The van der Waals surface area contributed by atoms with E-state index in [-0.39, 0.29) is 5.91 Å². The molecule has 100 valence electrons. The molecular weight excluding hydrogens is 268 g/mol. The highest BCUT2D eigenvalue weighted by atomic mass is 32.2. The van der Waals surface area contributed by atoms with E-state index < -0.39 is 5.54 Å². The highest BCUT2D eigenvalue weighted by molar-refractivity contribution is 8.01. The largest absolute Gasteiger partial charge is 0.368 e. The summed E-state index contributed by atoms with van der Waals surface area (Å²) >= 11 is 3.21. The van der Waals surface area contributed by atoms with Gasteiger partial charge in [-0.1, -0.05) is 23.1 Å². The van der Waals surface area contributed by atoms with E-state index in [2.05, 4.69) is 15.5 Å². The Morgan fingerprint density at radius 3 is 2.83 bits per heavy atom. The highest BCUT2D eigenvalue weighted by Gasteiger charge is 2.36. The Kier molecular flexibility index (Phi) is 4.24. The van der Waals surface area contributed by atoms with E-state index in [0.717, 1.165) is 27.9 Å². The predicted octanol–water partition coefficient (Wildman–Crippen LogP) is 1.32. The van der Waals surface area contributed by atoms with Gasteiger partial charge in [-0.05, 0) is 33.1 Å². The van der Waals surface area contributed by atoms with Crippen LogP contribution in [0.3, 0.4) is 0 Å². The first-order valence-electron chi connectivity index (χ1n) is 6.00. The third-order valence-corrected chi connectivity index (χ3v) is 4.95. The fourth-order valence-electron chi connectivity index (χ4n) is 1.62. The van der Waals surface area contributed by atoms with Crippen LogP contribution in [0.15, 0.2) is 4.34 Å². The highest BCUT2D eigenvalue weighted by Crippen LogP contribution is 2.27. The molecule has 0 saturated heterocycles. The summed E-state index contributed by atoms with van der Waals surface area (Å²) in [7, 11) is 0. The second-order valence-corrected chi connectivity index (χ2v) is 7.32. The number of carbonyl (C=O) groups is 1. The lowest BCUT2D eigenvalue weighted by Gasteiger charge is -2.27. The van der Waals surface area contributed by atoms with Gasteiger partial charge in [-0.25, -0.2) is 0 Å². The van der Waals surface area contributed by atoms with Crippen molar-refractivity contribution in [2.45, 2.75) is 49.0 Å². The molecule has 1 amide bonds. The van der Waals surface area contributed by atoms with Gasteiger partial charge in [-0.3, -0.25) is 4.79 Å². The van der Waals surface area contributed by atoms with E-state index in [9.17, 15) is 4.79 Å². The number of aryl methyl sites for hydroxylation is 1. The van der Waals surface area contributed by atoms with Gasteiger partial charge in [0.25, 0.3) is 0 Å². The molecule has 1 fully saturated rings. The zero-order valence-electron chi connectivity index (χ0n) is 10.6. The molecule has 1 aromatic heterocycles. The fourth-order valence-corrected chi connectivity index (χ4v) is 3.67. The van der Waals surface area contributed by atoms with Gasteiger partial charge in [-0.2, -0.15) is 0 Å². The molecule has 1 aliphatic carbocycles. The van der Waals surface area contributed by atoms with Crippen molar-refractivity contribution < 1.29 is 4.79 Å². The minimum Gasteiger partial charge on any atom is -0.368 e. The van der Waals surface area contributed by atoms with E-state index >= 15 is 0 Å². The molecular formula is C11H18N4OS2. The number of thioether (sulfide) groups is 1. The molecule has 1 aromatic rings. The smallest absolute Gasteiger partial charge is 0.237 e. The Labute approximate surface area is 115 Å². The van der Waals surface area contributed by atoms with Gasteiger partial charge in [0, 0.05) is 11.8 Å². The van der Waals surface area contributed by atoms with Crippen molar-refractivity contribution in [2.24, 2.45) is 5.73 Å². The first kappa shape index (κ1) is 13.8. The molecule has 7 heteroatoms. The summed E-state index contributed by atoms with van der Waals surface area (Å²) in [6, 6.07) is 0.469. The SMILES string of the molecule is Cc1nnc(SCCC(C)(NC2CC2)C(N)=O)s1. The van der Waals surface area contributed by atoms with Gasteiger partial charge in [0.15, 0.2) is 4.34 Å². The molecule has 2 rings (SSSR count). The summed E-state index contributed by atoms with van der Waals surface area (Å²) in [5.41, 5.74) is 4.89. The molecule has 3 N–H and O–H groups in total. The summed E-state index contributed by atoms with van der Waals surface area (Å²) in [6.45, 7) is 3.82. The van der Waals surface area contributed by atoms with Crippen LogP contribution in [-0.4, -0.2) is 33.4 Å². The molecule has 0 bridgehead atoms. The van der Waals surface area contributed by atoms with E-state index in [0.29, 0.717) is 12.5 Å². The van der Waals surface area contributed by atoms with Crippen LogP contribution in [0.25, 0.3) is 0 Å². The van der Waals surface area contributed by atoms with E-state index in [1.807, 2.05) is 13.8 Å². The lowest BCUT2D eigenvalue weighted by molar-refractivity contribution is -0.124. The van der Waals surface area contributed by atoms with Crippen LogP contribution in [-0.2, 0) is 4.79 Å². The number of nitrogens with zero attached hydrogens (tertiary/aromatic N) is 2. The van der Waals surface area contributed by atoms with Crippen molar-refractivity contribution >= 4 is 29.0 Å². The predicted molar refractivity (Wildman–Crippen MR) is 73.7 cm³/mol. The molecule has 1 saturated carbocycles. The van der Waals surface area contributed by atoms with Crippen molar-refractivity contribution in [1.82, 2.24) is 15.5 Å². The molecule has 18 heavy (non-hydrogen) atoms. The average molecular weight is 286 g/mol. The Bertz CT molecular complexity index is 432. The fraction of sp³-hybridized carbons (Fsp3) is 0.727. The minimum atomic E-state index is -0.603. The summed E-state index contributed by atoms with van der Waals surface area (Å²) in [5, 5.41) is 12.3. The second kappa shape index (κ2) is 5.54. The molecule has 0 radical (unpaired) electrons. The molecule has 0 aromatic carbocycles. The molecule has 1 aliphatic rings. The van der Waals surface area contributed by atoms with Gasteiger partial charge >= 0.3 is 0 Å². The zero-order valence-corrected chi connectivity index (χ0v) is 12.2. The van der Waals surface area contributed by atoms with Gasteiger partial charge in [0.1, 0.15) is 5.01 Å². The van der Waals surface area contributed by atoms with Crippen LogP contribution in [0, 0.1) is 6.92 Å². The normalized spacial score (nSPS) is 18.6. The Hall–Kier alpha value is -0.660. The molecule has 0 aliphatic heterocycles. The van der Waals surface area contributed by atoms with E-state index in [1.54, 1.807) is 23.1 Å². The van der Waals surface area contributed by atoms with Crippen LogP contribution < -0.4 is 11.1 Å². The van der Waals surface area contributed by atoms with Gasteiger partial charge in [0.2, 0.25) is 5.91 Å². The number of rotatable bonds is 7. The number of nitrogens with one attached hydrogen (secondary N) is 1. The summed E-state index contributed by atoms with van der Waals surface area (Å²) in [6.07, 6.45) is 3.00. The van der Waals surface area contributed by atoms with Gasteiger partial charge < -0.3 is 11.1 Å². The van der Waals surface area contributed by atoms with Crippen molar-refractivity contribution in [3.8, 4) is 0 Å². The van der Waals surface area contributed by atoms with Crippen molar-refractivity contribution in [3.63, 3.8) is 0 Å². The number of hydrogen-bond acceptors (Lipinski definition) is 6. The third-order valence-electron chi connectivity index (χ3n) is 2.98. The molecule has 1 atom stereocenters. The van der Waals surface area contributed by atoms with Crippen molar-refractivity contribution in [2.75, 3.05) is 5.75 Å². The zero-order chi connectivity index (χ0) is 13.2. The van der Waals surface area contributed by atoms with Crippen LogP contribution >= 0.6 is 23.1 Å². The van der Waals surface area contributed by atoms with Crippen LogP contribution in [0.4, 0.5) is 0 Å². The summed E-state index contributed by atoms with van der Waals surface area (Å²) in [5.74, 6) is 0.539. The quantitative estimate of drug-likeness (QED) is 0.739. The van der Waals surface area contributed by atoms with E-state index in [4.69, 9.17) is 5.73 Å². The lowest BCUT2D eigenvalue weighted by atomic mass is 9.98. The van der Waals surface area contributed by atoms with Gasteiger partial charge in [0.05, 0.1) is 5.54 Å². The summed E-state index contributed by atoms with van der Waals surface area (Å²) in [4.78, 5) is 11.6. The second-order valence-electron chi connectivity index (χ2n) is 4.80. The standard InChI is InChI=1S/C11H18N4OS2/c1-7-14-15-10(18-7)17-6-5-11(2,9(12)16)13-8-3-4-8/h8,13H,3-6H2,1-2H3,(H2,12,16). The number of primary amides is 1. The molecule has 0 spiro atoms. The van der Waals surface area contributed by atoms with Crippen molar-refractivity contribution in [3.05, 3.63) is 5.01 Å². The lowest BCUT2D eigenvalue weighted by Crippen LogP contribution is -2.54. The maximum Gasteiger partial charge on any atom is 0.237 e. The van der Waals surface area contributed by atoms with Crippen LogP contribution in [0.5, 0.6) is 0 Å². The van der Waals surface area contributed by atoms with Crippen LogP contribution in [0.2, 0.25) is 0 Å². The topological polar surface area (TPSA) is 80.9 Å².